The summed E-state index contributed by atoms with van der Waals surface area (Å²) in [4.78, 5) is 17.2. The van der Waals surface area contributed by atoms with E-state index in [0.29, 0.717) is 10.2 Å². The minimum atomic E-state index is -0.481. The highest BCUT2D eigenvalue weighted by Gasteiger charge is 2.12. The van der Waals surface area contributed by atoms with E-state index in [2.05, 4.69) is 20.9 Å². The van der Waals surface area contributed by atoms with Gasteiger partial charge in [-0.3, -0.25) is 9.78 Å². The molecular formula is C14H12BrFN2O2. The Hall–Kier alpha value is -1.95. The zero-order chi connectivity index (χ0) is 14.7. The molecule has 0 unspecified atom stereocenters. The van der Waals surface area contributed by atoms with Gasteiger partial charge in [0.05, 0.1) is 0 Å². The van der Waals surface area contributed by atoms with Crippen molar-refractivity contribution in [2.24, 2.45) is 0 Å². The van der Waals surface area contributed by atoms with Crippen molar-refractivity contribution in [3.05, 3.63) is 52.5 Å². The molecule has 20 heavy (non-hydrogen) atoms. The summed E-state index contributed by atoms with van der Waals surface area (Å²) >= 11 is 3.25. The topological polar surface area (TPSA) is 42.4 Å². The van der Waals surface area contributed by atoms with Crippen molar-refractivity contribution >= 4 is 21.8 Å². The molecule has 0 aliphatic carbocycles. The van der Waals surface area contributed by atoms with Crippen LogP contribution in [-0.2, 0) is 0 Å². The lowest BCUT2D eigenvalue weighted by atomic mass is 10.3. The van der Waals surface area contributed by atoms with Crippen molar-refractivity contribution in [3.63, 3.8) is 0 Å². The molecule has 1 aromatic carbocycles. The average molecular weight is 339 g/mol. The van der Waals surface area contributed by atoms with E-state index in [4.69, 9.17) is 4.74 Å². The number of nitrogens with zero attached hydrogens (tertiary/aromatic N) is 2. The van der Waals surface area contributed by atoms with Gasteiger partial charge in [-0.1, -0.05) is 15.9 Å². The quantitative estimate of drug-likeness (QED) is 0.860. The summed E-state index contributed by atoms with van der Waals surface area (Å²) in [5.41, 5.74) is 0.239. The average Bonchev–Trinajstić information content (AvgIpc) is 2.42. The smallest absolute Gasteiger partial charge is 0.272 e. The van der Waals surface area contributed by atoms with Gasteiger partial charge in [0, 0.05) is 30.8 Å². The zero-order valence-corrected chi connectivity index (χ0v) is 12.5. The van der Waals surface area contributed by atoms with Crippen LogP contribution in [0.4, 0.5) is 4.39 Å². The van der Waals surface area contributed by atoms with Gasteiger partial charge in [-0.15, -0.1) is 0 Å². The largest absolute Gasteiger partial charge is 0.454 e. The molecule has 6 heteroatoms. The van der Waals surface area contributed by atoms with Crippen LogP contribution in [0.15, 0.2) is 41.0 Å². The van der Waals surface area contributed by atoms with Crippen molar-refractivity contribution < 1.29 is 13.9 Å². The number of carbonyl (C=O) groups is 1. The van der Waals surface area contributed by atoms with E-state index in [1.54, 1.807) is 26.2 Å². The molecule has 2 aromatic rings. The number of pyridine rings is 1. The first-order valence-electron chi connectivity index (χ1n) is 5.78. The van der Waals surface area contributed by atoms with Crippen molar-refractivity contribution in [1.29, 1.82) is 0 Å². The highest BCUT2D eigenvalue weighted by Crippen LogP contribution is 2.27. The van der Waals surface area contributed by atoms with Gasteiger partial charge in [-0.25, -0.2) is 4.39 Å². The highest BCUT2D eigenvalue weighted by atomic mass is 79.9. The van der Waals surface area contributed by atoms with Crippen molar-refractivity contribution in [1.82, 2.24) is 9.88 Å². The first-order chi connectivity index (χ1) is 9.47. The van der Waals surface area contributed by atoms with E-state index in [1.807, 2.05) is 0 Å². The third kappa shape index (κ3) is 3.33. The number of rotatable bonds is 3. The molecule has 2 rings (SSSR count). The summed E-state index contributed by atoms with van der Waals surface area (Å²) in [7, 11) is 3.26. The number of ether oxygens (including phenoxy) is 1. The summed E-state index contributed by atoms with van der Waals surface area (Å²) < 4.78 is 19.8. The zero-order valence-electron chi connectivity index (χ0n) is 10.9. The molecule has 0 saturated heterocycles. The number of aromatic nitrogens is 1. The molecule has 0 spiro atoms. The summed E-state index contributed by atoms with van der Waals surface area (Å²) in [6, 6.07) is 7.43. The Morgan fingerprint density at radius 2 is 2.05 bits per heavy atom. The van der Waals surface area contributed by atoms with Gasteiger partial charge in [0.25, 0.3) is 5.91 Å². The first kappa shape index (κ1) is 14.5. The molecule has 1 aromatic heterocycles. The molecule has 1 heterocycles. The maximum absolute atomic E-state index is 13.6. The first-order valence-corrected chi connectivity index (χ1v) is 6.57. The minimum absolute atomic E-state index is 0.0776. The Labute approximate surface area is 124 Å². The lowest BCUT2D eigenvalue weighted by Gasteiger charge is -2.11. The lowest BCUT2D eigenvalue weighted by Crippen LogP contribution is -2.22. The standard InChI is InChI=1S/C14H12BrFN2O2/c1-18(2)14(19)12-8-10(5-6-17-12)20-13-7-9(15)3-4-11(13)16/h3-8H,1-2H3. The fraction of sp³-hybridized carbons (Fsp3) is 0.143. The Morgan fingerprint density at radius 1 is 1.30 bits per heavy atom. The van der Waals surface area contributed by atoms with E-state index in [9.17, 15) is 9.18 Å². The molecule has 1 amide bonds. The molecular weight excluding hydrogens is 327 g/mol. The summed E-state index contributed by atoms with van der Waals surface area (Å²) in [5, 5.41) is 0. The predicted molar refractivity (Wildman–Crippen MR) is 76.4 cm³/mol. The summed E-state index contributed by atoms with van der Waals surface area (Å²) in [6.45, 7) is 0. The maximum atomic E-state index is 13.6. The third-order valence-corrected chi connectivity index (χ3v) is 2.97. The SMILES string of the molecule is CN(C)C(=O)c1cc(Oc2cc(Br)ccc2F)ccn1. The van der Waals surface area contributed by atoms with Crippen LogP contribution in [0.5, 0.6) is 11.5 Å². The van der Waals surface area contributed by atoms with Crippen LogP contribution in [0.1, 0.15) is 10.5 Å². The van der Waals surface area contributed by atoms with Gasteiger partial charge in [0.1, 0.15) is 11.4 Å². The Bertz CT molecular complexity index is 647. The molecule has 0 saturated carbocycles. The van der Waals surface area contributed by atoms with Crippen LogP contribution in [-0.4, -0.2) is 29.9 Å². The maximum Gasteiger partial charge on any atom is 0.272 e. The Balaban J connectivity index is 2.28. The monoisotopic (exact) mass is 338 g/mol. The summed E-state index contributed by atoms with van der Waals surface area (Å²) in [5.74, 6) is -0.299. The Morgan fingerprint density at radius 3 is 2.75 bits per heavy atom. The van der Waals surface area contributed by atoms with E-state index >= 15 is 0 Å². The fourth-order valence-corrected chi connectivity index (χ4v) is 1.84. The molecule has 0 N–H and O–H groups in total. The van der Waals surface area contributed by atoms with Crippen molar-refractivity contribution in [3.8, 4) is 11.5 Å². The highest BCUT2D eigenvalue weighted by molar-refractivity contribution is 9.10. The van der Waals surface area contributed by atoms with Crippen LogP contribution in [0.3, 0.4) is 0 Å². The molecule has 0 atom stereocenters. The summed E-state index contributed by atoms with van der Waals surface area (Å²) in [6.07, 6.45) is 1.45. The van der Waals surface area contributed by atoms with E-state index in [1.165, 1.54) is 29.3 Å². The van der Waals surface area contributed by atoms with Crippen LogP contribution >= 0.6 is 15.9 Å². The van der Waals surface area contributed by atoms with E-state index in [-0.39, 0.29) is 17.4 Å². The molecule has 0 aliphatic heterocycles. The third-order valence-electron chi connectivity index (χ3n) is 2.48. The predicted octanol–water partition coefficient (Wildman–Crippen LogP) is 3.48. The van der Waals surface area contributed by atoms with Crippen LogP contribution in [0.2, 0.25) is 0 Å². The van der Waals surface area contributed by atoms with Crippen LogP contribution < -0.4 is 4.74 Å². The van der Waals surface area contributed by atoms with Gasteiger partial charge in [-0.2, -0.15) is 0 Å². The van der Waals surface area contributed by atoms with Gasteiger partial charge in [0.15, 0.2) is 11.6 Å². The number of amides is 1. The number of carbonyl (C=O) groups excluding carboxylic acids is 1. The van der Waals surface area contributed by atoms with Crippen LogP contribution in [0.25, 0.3) is 0 Å². The second kappa shape index (κ2) is 6.00. The molecule has 104 valence electrons. The van der Waals surface area contributed by atoms with Crippen molar-refractivity contribution in [2.45, 2.75) is 0 Å². The number of hydrogen-bond donors (Lipinski definition) is 0. The molecule has 0 radical (unpaired) electrons. The van der Waals surface area contributed by atoms with Gasteiger partial charge in [0.2, 0.25) is 0 Å². The normalized spacial score (nSPS) is 10.2. The Kier molecular flexibility index (Phi) is 4.34. The van der Waals surface area contributed by atoms with Gasteiger partial charge >= 0.3 is 0 Å². The molecule has 0 fully saturated rings. The molecule has 4 nitrogen and oxygen atoms in total. The van der Waals surface area contributed by atoms with Crippen LogP contribution in [0, 0.1) is 5.82 Å². The minimum Gasteiger partial charge on any atom is -0.454 e. The molecule has 0 aliphatic rings. The number of hydrogen-bond acceptors (Lipinski definition) is 3. The second-order valence-corrected chi connectivity index (χ2v) is 5.17. The second-order valence-electron chi connectivity index (χ2n) is 4.25. The fourth-order valence-electron chi connectivity index (χ4n) is 1.50. The molecule has 0 bridgehead atoms. The lowest BCUT2D eigenvalue weighted by molar-refractivity contribution is 0.0821. The van der Waals surface area contributed by atoms with E-state index in [0.717, 1.165) is 0 Å². The number of benzene rings is 1. The number of halogens is 2. The van der Waals surface area contributed by atoms with Gasteiger partial charge in [-0.05, 0) is 24.3 Å². The van der Waals surface area contributed by atoms with E-state index < -0.39 is 5.82 Å². The van der Waals surface area contributed by atoms with Gasteiger partial charge < -0.3 is 9.64 Å². The van der Waals surface area contributed by atoms with Crippen molar-refractivity contribution in [2.75, 3.05) is 14.1 Å².